The van der Waals surface area contributed by atoms with Gasteiger partial charge in [-0.1, -0.05) is 39.0 Å². The van der Waals surface area contributed by atoms with Crippen LogP contribution in [-0.4, -0.2) is 18.4 Å². The summed E-state index contributed by atoms with van der Waals surface area (Å²) in [6, 6.07) is 6.42. The first kappa shape index (κ1) is 30.2. The van der Waals surface area contributed by atoms with Crippen LogP contribution >= 0.6 is 0 Å². The number of anilines is 2. The van der Waals surface area contributed by atoms with Gasteiger partial charge >= 0.3 is 12.4 Å². The smallest absolute Gasteiger partial charge is 0.326 e. The number of benzene rings is 2. The van der Waals surface area contributed by atoms with E-state index in [4.69, 9.17) is 0 Å². The van der Waals surface area contributed by atoms with Crippen molar-refractivity contribution < 1.29 is 35.9 Å². The number of hydrogen-bond donors (Lipinski definition) is 1. The second kappa shape index (κ2) is 11.1. The zero-order valence-electron chi connectivity index (χ0n) is 21.7. The van der Waals surface area contributed by atoms with Crippen molar-refractivity contribution in [3.8, 4) is 0 Å². The van der Waals surface area contributed by atoms with Crippen LogP contribution in [0.25, 0.3) is 0 Å². The zero-order chi connectivity index (χ0) is 28.3. The molecule has 0 fully saturated rings. The summed E-state index contributed by atoms with van der Waals surface area (Å²) in [6.45, 7) is 10.4. The van der Waals surface area contributed by atoms with Gasteiger partial charge in [-0.2, -0.15) is 26.3 Å². The normalized spacial score (nSPS) is 13.9. The lowest BCUT2D eigenvalue weighted by molar-refractivity contribution is -0.143. The number of aryl methyl sites for hydroxylation is 2. The molecule has 37 heavy (non-hydrogen) atoms. The predicted octanol–water partition coefficient (Wildman–Crippen LogP) is 7.78. The van der Waals surface area contributed by atoms with Gasteiger partial charge in [-0.3, -0.25) is 9.59 Å². The minimum atomic E-state index is -5.05. The molecule has 1 N–H and O–H groups in total. The van der Waals surface area contributed by atoms with Crippen LogP contribution in [0, 0.1) is 25.2 Å². The average Bonchev–Trinajstić information content (AvgIpc) is 2.75. The maximum Gasteiger partial charge on any atom is 0.416 e. The molecule has 0 radical (unpaired) electrons. The highest BCUT2D eigenvalue weighted by Gasteiger charge is 2.40. The highest BCUT2D eigenvalue weighted by molar-refractivity contribution is 5.99. The van der Waals surface area contributed by atoms with Gasteiger partial charge in [-0.25, -0.2) is 0 Å². The molecule has 0 aliphatic heterocycles. The third-order valence-corrected chi connectivity index (χ3v) is 6.07. The monoisotopic (exact) mass is 530 g/mol. The van der Waals surface area contributed by atoms with Crippen LogP contribution in [0.4, 0.5) is 37.7 Å². The van der Waals surface area contributed by atoms with Crippen molar-refractivity contribution in [1.29, 1.82) is 0 Å². The number of carbonyl (C=O) groups excluding carboxylic acids is 2. The van der Waals surface area contributed by atoms with Crippen molar-refractivity contribution in [3.63, 3.8) is 0 Å². The Morgan fingerprint density at radius 1 is 0.919 bits per heavy atom. The topological polar surface area (TPSA) is 49.4 Å². The Kier molecular flexibility index (Phi) is 9.09. The standard InChI is InChI=1S/C27H32F6N2O2/c1-7-22(36)35(23-17(4)9-8-10-18(23)5)15-25(6,14-16(2)3)24(37)34-21-12-19(26(28,29)30)11-20(13-21)27(31,32)33/h8-13,16H,7,14-15H2,1-6H3,(H,34,37). The van der Waals surface area contributed by atoms with Gasteiger partial charge in [0.25, 0.3) is 0 Å². The van der Waals surface area contributed by atoms with E-state index in [0.29, 0.717) is 17.8 Å². The third kappa shape index (κ3) is 7.49. The van der Waals surface area contributed by atoms with Gasteiger partial charge in [0, 0.05) is 24.3 Å². The molecule has 0 aromatic heterocycles. The number of alkyl halides is 6. The lowest BCUT2D eigenvalue weighted by Gasteiger charge is -2.37. The van der Waals surface area contributed by atoms with Gasteiger partial charge in [-0.05, 0) is 62.4 Å². The molecule has 0 spiro atoms. The number of nitrogens with one attached hydrogen (secondary N) is 1. The third-order valence-electron chi connectivity index (χ3n) is 6.07. The molecule has 0 aliphatic carbocycles. The largest absolute Gasteiger partial charge is 0.416 e. The van der Waals surface area contributed by atoms with E-state index in [1.807, 2.05) is 45.9 Å². The summed E-state index contributed by atoms with van der Waals surface area (Å²) in [5.74, 6) is -1.12. The van der Waals surface area contributed by atoms with Crippen molar-refractivity contribution in [2.24, 2.45) is 11.3 Å². The molecule has 2 rings (SSSR count). The minimum Gasteiger partial charge on any atom is -0.326 e. The van der Waals surface area contributed by atoms with Crippen LogP contribution in [0.5, 0.6) is 0 Å². The van der Waals surface area contributed by atoms with Crippen LogP contribution < -0.4 is 10.2 Å². The zero-order valence-corrected chi connectivity index (χ0v) is 21.7. The maximum absolute atomic E-state index is 13.5. The first-order chi connectivity index (χ1) is 16.9. The molecule has 1 atom stereocenters. The number of rotatable bonds is 8. The fourth-order valence-corrected chi connectivity index (χ4v) is 4.50. The second-order valence-electron chi connectivity index (χ2n) is 9.98. The number of carbonyl (C=O) groups is 2. The van der Waals surface area contributed by atoms with Crippen LogP contribution in [0.15, 0.2) is 36.4 Å². The molecule has 2 amide bonds. The van der Waals surface area contributed by atoms with Gasteiger partial charge < -0.3 is 10.2 Å². The molecule has 0 saturated heterocycles. The fourth-order valence-electron chi connectivity index (χ4n) is 4.50. The number of hydrogen-bond acceptors (Lipinski definition) is 2. The van der Waals surface area contributed by atoms with Crippen molar-refractivity contribution in [2.45, 2.75) is 66.7 Å². The summed E-state index contributed by atoms with van der Waals surface area (Å²) in [7, 11) is 0. The highest BCUT2D eigenvalue weighted by atomic mass is 19.4. The summed E-state index contributed by atoms with van der Waals surface area (Å²) >= 11 is 0. The van der Waals surface area contributed by atoms with Crippen LogP contribution in [0.3, 0.4) is 0 Å². The number of nitrogens with zero attached hydrogens (tertiary/aromatic N) is 1. The van der Waals surface area contributed by atoms with Gasteiger partial charge in [-0.15, -0.1) is 0 Å². The van der Waals surface area contributed by atoms with E-state index in [1.165, 1.54) is 4.90 Å². The van der Waals surface area contributed by atoms with Crippen LogP contribution in [0.1, 0.15) is 62.8 Å². The highest BCUT2D eigenvalue weighted by Crippen LogP contribution is 2.39. The lowest BCUT2D eigenvalue weighted by atomic mass is 9.80. The van der Waals surface area contributed by atoms with Crippen LogP contribution in [-0.2, 0) is 21.9 Å². The Morgan fingerprint density at radius 2 is 1.41 bits per heavy atom. The first-order valence-electron chi connectivity index (χ1n) is 11.9. The predicted molar refractivity (Wildman–Crippen MR) is 131 cm³/mol. The summed E-state index contributed by atoms with van der Waals surface area (Å²) in [6.07, 6.45) is -9.73. The summed E-state index contributed by atoms with van der Waals surface area (Å²) in [4.78, 5) is 28.0. The van der Waals surface area contributed by atoms with E-state index in [9.17, 15) is 35.9 Å². The Balaban J connectivity index is 2.56. The molecular weight excluding hydrogens is 498 g/mol. The number of para-hydroxylation sites is 1. The fraction of sp³-hybridized carbons (Fsp3) is 0.481. The van der Waals surface area contributed by atoms with E-state index in [1.54, 1.807) is 13.8 Å². The van der Waals surface area contributed by atoms with Gasteiger partial charge in [0.2, 0.25) is 11.8 Å². The molecule has 0 aliphatic rings. The van der Waals surface area contributed by atoms with E-state index in [0.717, 1.165) is 11.1 Å². The van der Waals surface area contributed by atoms with E-state index in [2.05, 4.69) is 5.32 Å². The molecule has 204 valence electrons. The molecule has 0 bridgehead atoms. The molecule has 4 nitrogen and oxygen atoms in total. The van der Waals surface area contributed by atoms with Crippen molar-refractivity contribution in [3.05, 3.63) is 58.7 Å². The molecular formula is C27H32F6N2O2. The summed E-state index contributed by atoms with van der Waals surface area (Å²) < 4.78 is 79.9. The SMILES string of the molecule is CCC(=O)N(CC(C)(CC(C)C)C(=O)Nc1cc(C(F)(F)F)cc(C(F)(F)F)c1)c1c(C)cccc1C. The molecule has 10 heteroatoms. The maximum atomic E-state index is 13.5. The molecule has 1 unspecified atom stereocenters. The summed E-state index contributed by atoms with van der Waals surface area (Å²) in [5.41, 5.74) is -2.80. The van der Waals surface area contributed by atoms with Gasteiger partial charge in [0.05, 0.1) is 16.5 Å². The quantitative estimate of drug-likeness (QED) is 0.355. The van der Waals surface area contributed by atoms with E-state index < -0.39 is 40.5 Å². The molecule has 0 heterocycles. The Morgan fingerprint density at radius 3 is 1.81 bits per heavy atom. The van der Waals surface area contributed by atoms with Crippen molar-refractivity contribution >= 4 is 23.2 Å². The van der Waals surface area contributed by atoms with E-state index >= 15 is 0 Å². The van der Waals surface area contributed by atoms with E-state index in [-0.39, 0.29) is 37.3 Å². The Bertz CT molecular complexity index is 1090. The Hall–Kier alpha value is -3.04. The van der Waals surface area contributed by atoms with Crippen molar-refractivity contribution in [2.75, 3.05) is 16.8 Å². The number of amides is 2. The minimum absolute atomic E-state index is 0.00553. The van der Waals surface area contributed by atoms with Gasteiger partial charge in [0.1, 0.15) is 0 Å². The second-order valence-corrected chi connectivity index (χ2v) is 9.98. The van der Waals surface area contributed by atoms with Gasteiger partial charge in [0.15, 0.2) is 0 Å². The molecule has 2 aromatic rings. The summed E-state index contributed by atoms with van der Waals surface area (Å²) in [5, 5.41) is 2.28. The van der Waals surface area contributed by atoms with Crippen LogP contribution in [0.2, 0.25) is 0 Å². The average molecular weight is 531 g/mol. The molecule has 2 aromatic carbocycles. The number of halogens is 6. The van der Waals surface area contributed by atoms with Crippen molar-refractivity contribution in [1.82, 2.24) is 0 Å². The first-order valence-corrected chi connectivity index (χ1v) is 11.9. The lowest BCUT2D eigenvalue weighted by Crippen LogP contribution is -2.47. The molecule has 0 saturated carbocycles. The Labute approximate surface area is 213 Å².